The van der Waals surface area contributed by atoms with Gasteiger partial charge in [-0.2, -0.15) is 8.75 Å². The van der Waals surface area contributed by atoms with Crippen molar-refractivity contribution in [1.82, 2.24) is 8.75 Å². The highest BCUT2D eigenvalue weighted by Crippen LogP contribution is 2.41. The van der Waals surface area contributed by atoms with Crippen molar-refractivity contribution in [3.63, 3.8) is 0 Å². The van der Waals surface area contributed by atoms with Crippen LogP contribution >= 0.6 is 11.7 Å². The van der Waals surface area contributed by atoms with Crippen molar-refractivity contribution in [2.24, 2.45) is 5.92 Å². The SMILES string of the molecule is CC(C)C(=O)Nc1cc2c(cc1F)[C@@H](c1cccc3nsnc13)CC(=O)N2. The van der Waals surface area contributed by atoms with E-state index in [1.165, 1.54) is 12.1 Å². The Labute approximate surface area is 159 Å². The van der Waals surface area contributed by atoms with Gasteiger partial charge in [-0.05, 0) is 29.3 Å². The molecule has 0 bridgehead atoms. The quantitative estimate of drug-likeness (QED) is 0.717. The minimum absolute atomic E-state index is 0.0573. The maximum atomic E-state index is 14.7. The van der Waals surface area contributed by atoms with Gasteiger partial charge in [-0.15, -0.1) is 0 Å². The van der Waals surface area contributed by atoms with Crippen LogP contribution in [0.3, 0.4) is 0 Å². The van der Waals surface area contributed by atoms with Crippen LogP contribution in [-0.2, 0) is 9.59 Å². The van der Waals surface area contributed by atoms with E-state index >= 15 is 0 Å². The van der Waals surface area contributed by atoms with Gasteiger partial charge in [-0.3, -0.25) is 9.59 Å². The smallest absolute Gasteiger partial charge is 0.227 e. The zero-order valence-electron chi connectivity index (χ0n) is 14.7. The predicted octanol–water partition coefficient (Wildman–Crippen LogP) is 3.90. The van der Waals surface area contributed by atoms with Gasteiger partial charge < -0.3 is 10.6 Å². The van der Waals surface area contributed by atoms with Crippen molar-refractivity contribution in [3.05, 3.63) is 47.3 Å². The highest BCUT2D eigenvalue weighted by molar-refractivity contribution is 7.00. The van der Waals surface area contributed by atoms with Gasteiger partial charge in [-0.25, -0.2) is 4.39 Å². The Morgan fingerprint density at radius 3 is 2.89 bits per heavy atom. The molecule has 1 aliphatic heterocycles. The van der Waals surface area contributed by atoms with E-state index in [0.29, 0.717) is 11.3 Å². The number of aromatic nitrogens is 2. The van der Waals surface area contributed by atoms with E-state index in [1.807, 2.05) is 18.2 Å². The average Bonchev–Trinajstić information content (AvgIpc) is 3.11. The molecule has 0 saturated heterocycles. The summed E-state index contributed by atoms with van der Waals surface area (Å²) in [5.74, 6) is -1.60. The normalized spacial score (nSPS) is 16.3. The van der Waals surface area contributed by atoms with Crippen LogP contribution in [0.4, 0.5) is 15.8 Å². The summed E-state index contributed by atoms with van der Waals surface area (Å²) in [6.45, 7) is 3.46. The molecule has 2 N–H and O–H groups in total. The van der Waals surface area contributed by atoms with Crippen molar-refractivity contribution in [3.8, 4) is 0 Å². The van der Waals surface area contributed by atoms with E-state index in [4.69, 9.17) is 0 Å². The molecule has 0 saturated carbocycles. The van der Waals surface area contributed by atoms with Crippen molar-refractivity contribution in [2.45, 2.75) is 26.2 Å². The predicted molar refractivity (Wildman–Crippen MR) is 102 cm³/mol. The molecule has 138 valence electrons. The van der Waals surface area contributed by atoms with Gasteiger partial charge >= 0.3 is 0 Å². The molecule has 0 radical (unpaired) electrons. The third-order valence-corrected chi connectivity index (χ3v) is 5.20. The largest absolute Gasteiger partial charge is 0.326 e. The van der Waals surface area contributed by atoms with E-state index < -0.39 is 5.82 Å². The molecule has 8 heteroatoms. The standard InChI is InChI=1S/C19H17FN4O2S/c1-9(2)19(26)22-16-8-15-12(6-13(16)20)11(7-17(25)21-15)10-4-3-5-14-18(10)24-27-23-14/h3-6,8-9,11H,7H2,1-2H3,(H,21,25)(H,22,26)/t11-/m1/s1. The second-order valence-electron chi connectivity index (χ2n) is 6.85. The summed E-state index contributed by atoms with van der Waals surface area (Å²) < 4.78 is 23.3. The number of halogens is 1. The number of benzene rings is 2. The molecule has 27 heavy (non-hydrogen) atoms. The first-order valence-corrected chi connectivity index (χ1v) is 9.32. The number of carbonyl (C=O) groups is 2. The number of rotatable bonds is 3. The second-order valence-corrected chi connectivity index (χ2v) is 7.38. The highest BCUT2D eigenvalue weighted by atomic mass is 32.1. The molecule has 0 unspecified atom stereocenters. The van der Waals surface area contributed by atoms with Crippen molar-refractivity contribution in [1.29, 1.82) is 0 Å². The summed E-state index contributed by atoms with van der Waals surface area (Å²) in [4.78, 5) is 24.2. The van der Waals surface area contributed by atoms with Crippen LogP contribution in [0.5, 0.6) is 0 Å². The van der Waals surface area contributed by atoms with Crippen LogP contribution in [0, 0.1) is 11.7 Å². The van der Waals surface area contributed by atoms with Crippen molar-refractivity contribution in [2.75, 3.05) is 10.6 Å². The Bertz CT molecular complexity index is 1060. The zero-order chi connectivity index (χ0) is 19.1. The third-order valence-electron chi connectivity index (χ3n) is 4.65. The van der Waals surface area contributed by atoms with Crippen molar-refractivity contribution < 1.29 is 14.0 Å². The molecule has 6 nitrogen and oxygen atoms in total. The van der Waals surface area contributed by atoms with Crippen LogP contribution in [-0.4, -0.2) is 20.6 Å². The van der Waals surface area contributed by atoms with E-state index in [2.05, 4.69) is 19.4 Å². The lowest BCUT2D eigenvalue weighted by molar-refractivity contribution is -0.119. The van der Waals surface area contributed by atoms with Crippen LogP contribution < -0.4 is 10.6 Å². The van der Waals surface area contributed by atoms with Gasteiger partial charge in [0.1, 0.15) is 16.9 Å². The molecular weight excluding hydrogens is 367 g/mol. The summed E-state index contributed by atoms with van der Waals surface area (Å²) >= 11 is 1.11. The summed E-state index contributed by atoms with van der Waals surface area (Å²) in [5, 5.41) is 5.35. The van der Waals surface area contributed by atoms with Crippen molar-refractivity contribution >= 4 is 46.0 Å². The third kappa shape index (κ3) is 3.16. The van der Waals surface area contributed by atoms with Crippen LogP contribution in [0.15, 0.2) is 30.3 Å². The maximum Gasteiger partial charge on any atom is 0.227 e. The molecular formula is C19H17FN4O2S. The Morgan fingerprint density at radius 2 is 2.11 bits per heavy atom. The minimum Gasteiger partial charge on any atom is -0.326 e. The molecule has 2 heterocycles. The molecule has 0 aliphatic carbocycles. The van der Waals surface area contributed by atoms with E-state index in [-0.39, 0.29) is 35.8 Å². The summed E-state index contributed by atoms with van der Waals surface area (Å²) in [6.07, 6.45) is 0.195. The zero-order valence-corrected chi connectivity index (χ0v) is 15.6. The Hall–Kier alpha value is -2.87. The number of hydrogen-bond donors (Lipinski definition) is 2. The molecule has 0 fully saturated rings. The Morgan fingerprint density at radius 1 is 1.30 bits per heavy atom. The number of amides is 2. The Balaban J connectivity index is 1.80. The first-order chi connectivity index (χ1) is 12.9. The van der Waals surface area contributed by atoms with Gasteiger partial charge in [0, 0.05) is 23.9 Å². The lowest BCUT2D eigenvalue weighted by Gasteiger charge is -2.27. The molecule has 4 rings (SSSR count). The van der Waals surface area contributed by atoms with Crippen LogP contribution in [0.25, 0.3) is 11.0 Å². The topological polar surface area (TPSA) is 84.0 Å². The summed E-state index contributed by atoms with van der Waals surface area (Å²) in [7, 11) is 0. The highest BCUT2D eigenvalue weighted by Gasteiger charge is 2.30. The number of fused-ring (bicyclic) bond motifs is 2. The van der Waals surface area contributed by atoms with Gasteiger partial charge in [0.15, 0.2) is 0 Å². The summed E-state index contributed by atoms with van der Waals surface area (Å²) in [5.41, 5.74) is 3.54. The second kappa shape index (κ2) is 6.70. The average molecular weight is 384 g/mol. The summed E-state index contributed by atoms with van der Waals surface area (Å²) in [6, 6.07) is 8.47. The van der Waals surface area contributed by atoms with Crippen LogP contribution in [0.2, 0.25) is 0 Å². The van der Waals surface area contributed by atoms with E-state index in [1.54, 1.807) is 13.8 Å². The minimum atomic E-state index is -0.535. The molecule has 2 aromatic carbocycles. The van der Waals surface area contributed by atoms with Crippen LogP contribution in [0.1, 0.15) is 37.3 Å². The molecule has 2 amide bonds. The monoisotopic (exact) mass is 384 g/mol. The lowest BCUT2D eigenvalue weighted by atomic mass is 9.84. The number of carbonyl (C=O) groups excluding carboxylic acids is 2. The molecule has 1 atom stereocenters. The molecule has 3 aromatic rings. The first kappa shape index (κ1) is 17.5. The fourth-order valence-electron chi connectivity index (χ4n) is 3.24. The molecule has 1 aliphatic rings. The molecule has 1 aromatic heterocycles. The lowest BCUT2D eigenvalue weighted by Crippen LogP contribution is -2.25. The van der Waals surface area contributed by atoms with Gasteiger partial charge in [0.25, 0.3) is 0 Å². The fourth-order valence-corrected chi connectivity index (χ4v) is 3.80. The molecule has 0 spiro atoms. The Kier molecular flexibility index (Phi) is 4.35. The first-order valence-electron chi connectivity index (χ1n) is 8.59. The van der Waals surface area contributed by atoms with E-state index in [9.17, 15) is 14.0 Å². The number of hydrogen-bond acceptors (Lipinski definition) is 5. The number of anilines is 2. The van der Waals surface area contributed by atoms with Gasteiger partial charge in [-0.1, -0.05) is 26.0 Å². The number of nitrogens with one attached hydrogen (secondary N) is 2. The number of nitrogens with zero attached hydrogens (tertiary/aromatic N) is 2. The van der Waals surface area contributed by atoms with Gasteiger partial charge in [0.2, 0.25) is 11.8 Å². The fraction of sp³-hybridized carbons (Fsp3) is 0.263. The van der Waals surface area contributed by atoms with Gasteiger partial charge in [0.05, 0.1) is 17.4 Å². The van der Waals surface area contributed by atoms with E-state index in [0.717, 1.165) is 28.3 Å². The maximum absolute atomic E-state index is 14.7.